The van der Waals surface area contributed by atoms with Crippen molar-refractivity contribution in [2.45, 2.75) is 32.4 Å². The summed E-state index contributed by atoms with van der Waals surface area (Å²) in [6.45, 7) is 4.10. The highest BCUT2D eigenvalue weighted by atomic mass is 16.7. The molecule has 0 bridgehead atoms. The lowest BCUT2D eigenvalue weighted by Crippen LogP contribution is -2.37. The molecule has 0 aromatic heterocycles. The van der Waals surface area contributed by atoms with Gasteiger partial charge in [0, 0.05) is 0 Å². The minimum Gasteiger partial charge on any atom is -0.273 e. The van der Waals surface area contributed by atoms with Gasteiger partial charge in [-0.15, -0.1) is 0 Å². The molecule has 5 rings (SSSR count). The maximum atomic E-state index is 13.6. The minimum atomic E-state index is -0.844. The lowest BCUT2D eigenvalue weighted by Gasteiger charge is -2.29. The molecule has 3 atom stereocenters. The van der Waals surface area contributed by atoms with Crippen molar-refractivity contribution in [3.63, 3.8) is 0 Å². The van der Waals surface area contributed by atoms with Crippen molar-refractivity contribution in [3.05, 3.63) is 95.6 Å². The van der Waals surface area contributed by atoms with Crippen molar-refractivity contribution in [2.24, 2.45) is 5.92 Å². The number of hydrogen-bond donors (Lipinski definition) is 0. The van der Waals surface area contributed by atoms with Crippen molar-refractivity contribution >= 4 is 23.2 Å². The number of benzene rings is 3. The molecule has 0 N–H and O–H groups in total. The second-order valence-corrected chi connectivity index (χ2v) is 8.05. The number of hydroxylamine groups is 1. The van der Waals surface area contributed by atoms with Crippen LogP contribution in [0.4, 0.5) is 11.4 Å². The summed E-state index contributed by atoms with van der Waals surface area (Å²) in [4.78, 5) is 34.5. The van der Waals surface area contributed by atoms with Crippen molar-refractivity contribution in [1.82, 2.24) is 0 Å². The lowest BCUT2D eigenvalue weighted by atomic mass is 9.88. The van der Waals surface area contributed by atoms with E-state index in [4.69, 9.17) is 4.84 Å². The Balaban J connectivity index is 1.58. The van der Waals surface area contributed by atoms with Crippen LogP contribution in [0.5, 0.6) is 0 Å². The fourth-order valence-corrected chi connectivity index (χ4v) is 4.58. The fraction of sp³-hybridized carbons (Fsp3) is 0.231. The first-order valence-corrected chi connectivity index (χ1v) is 10.6. The summed E-state index contributed by atoms with van der Waals surface area (Å²) in [5.74, 6) is -1.14. The molecule has 5 nitrogen and oxygen atoms in total. The monoisotopic (exact) mass is 412 g/mol. The van der Waals surface area contributed by atoms with Gasteiger partial charge in [-0.05, 0) is 54.3 Å². The van der Waals surface area contributed by atoms with Gasteiger partial charge in [0.2, 0.25) is 5.91 Å². The van der Waals surface area contributed by atoms with E-state index in [-0.39, 0.29) is 17.9 Å². The molecule has 2 aliphatic rings. The third-order valence-corrected chi connectivity index (χ3v) is 6.24. The Morgan fingerprint density at radius 1 is 0.806 bits per heavy atom. The van der Waals surface area contributed by atoms with Crippen molar-refractivity contribution in [1.29, 1.82) is 0 Å². The van der Waals surface area contributed by atoms with Crippen LogP contribution in [0.15, 0.2) is 78.9 Å². The predicted octanol–water partition coefficient (Wildman–Crippen LogP) is 4.61. The molecule has 156 valence electrons. The van der Waals surface area contributed by atoms with E-state index >= 15 is 0 Å². The molecule has 0 saturated carbocycles. The number of rotatable bonds is 4. The van der Waals surface area contributed by atoms with Crippen LogP contribution in [0.1, 0.15) is 29.7 Å². The molecule has 2 heterocycles. The van der Waals surface area contributed by atoms with Crippen LogP contribution in [-0.2, 0) is 20.8 Å². The van der Waals surface area contributed by atoms with E-state index in [2.05, 4.69) is 6.92 Å². The SMILES string of the molecule is CCc1ccc(N2C(=O)[C@H]3[C@H](ON(c4ccccc4)[C@@H]3c3ccccc3C)C2=O)cc1. The Kier molecular flexibility index (Phi) is 4.83. The molecule has 2 saturated heterocycles. The summed E-state index contributed by atoms with van der Waals surface area (Å²) >= 11 is 0. The molecule has 2 amide bonds. The molecule has 0 spiro atoms. The Morgan fingerprint density at radius 3 is 2.16 bits per heavy atom. The summed E-state index contributed by atoms with van der Waals surface area (Å²) in [6.07, 6.45) is 0.0564. The summed E-state index contributed by atoms with van der Waals surface area (Å²) in [6, 6.07) is 24.8. The second kappa shape index (κ2) is 7.67. The first-order chi connectivity index (χ1) is 15.1. The lowest BCUT2D eigenvalue weighted by molar-refractivity contribution is -0.126. The molecule has 31 heavy (non-hydrogen) atoms. The van der Waals surface area contributed by atoms with Gasteiger partial charge in [-0.3, -0.25) is 14.4 Å². The summed E-state index contributed by atoms with van der Waals surface area (Å²) in [7, 11) is 0. The maximum Gasteiger partial charge on any atom is 0.266 e. The molecule has 3 aromatic rings. The molecular weight excluding hydrogens is 388 g/mol. The van der Waals surface area contributed by atoms with Gasteiger partial charge in [-0.25, -0.2) is 9.96 Å². The van der Waals surface area contributed by atoms with Crippen LogP contribution in [0, 0.1) is 12.8 Å². The van der Waals surface area contributed by atoms with E-state index in [1.54, 1.807) is 5.06 Å². The average molecular weight is 412 g/mol. The fourth-order valence-electron chi connectivity index (χ4n) is 4.58. The van der Waals surface area contributed by atoms with Crippen LogP contribution >= 0.6 is 0 Å². The highest BCUT2D eigenvalue weighted by molar-refractivity contribution is 6.23. The van der Waals surface area contributed by atoms with Crippen molar-refractivity contribution in [2.75, 3.05) is 9.96 Å². The molecule has 3 aromatic carbocycles. The number of carbonyl (C=O) groups is 2. The topological polar surface area (TPSA) is 49.9 Å². The Morgan fingerprint density at radius 2 is 1.48 bits per heavy atom. The van der Waals surface area contributed by atoms with Gasteiger partial charge in [0.25, 0.3) is 5.91 Å². The van der Waals surface area contributed by atoms with Gasteiger partial charge in [-0.2, -0.15) is 0 Å². The predicted molar refractivity (Wildman–Crippen MR) is 120 cm³/mol. The van der Waals surface area contributed by atoms with Crippen LogP contribution in [0.2, 0.25) is 0 Å². The molecule has 2 aliphatic heterocycles. The number of aryl methyl sites for hydroxylation is 2. The number of imide groups is 1. The highest BCUT2D eigenvalue weighted by Gasteiger charge is 2.60. The van der Waals surface area contributed by atoms with E-state index < -0.39 is 12.0 Å². The number of hydrogen-bond acceptors (Lipinski definition) is 4. The third-order valence-electron chi connectivity index (χ3n) is 6.24. The molecule has 0 unspecified atom stereocenters. The number of carbonyl (C=O) groups excluding carboxylic acids is 2. The summed E-state index contributed by atoms with van der Waals surface area (Å²) < 4.78 is 0. The van der Waals surface area contributed by atoms with Crippen LogP contribution in [-0.4, -0.2) is 17.9 Å². The zero-order valence-electron chi connectivity index (χ0n) is 17.6. The quantitative estimate of drug-likeness (QED) is 0.588. The van der Waals surface area contributed by atoms with Gasteiger partial charge in [0.1, 0.15) is 5.92 Å². The van der Waals surface area contributed by atoms with Crippen molar-refractivity contribution < 1.29 is 14.4 Å². The molecular formula is C26H24N2O3. The molecule has 0 radical (unpaired) electrons. The van der Waals surface area contributed by atoms with Gasteiger partial charge >= 0.3 is 0 Å². The maximum absolute atomic E-state index is 13.6. The minimum absolute atomic E-state index is 0.217. The number of amides is 2. The largest absolute Gasteiger partial charge is 0.273 e. The second-order valence-electron chi connectivity index (χ2n) is 8.05. The van der Waals surface area contributed by atoms with Crippen LogP contribution in [0.3, 0.4) is 0 Å². The average Bonchev–Trinajstić information content (AvgIpc) is 3.31. The van der Waals surface area contributed by atoms with E-state index in [1.807, 2.05) is 85.8 Å². The molecule has 5 heteroatoms. The van der Waals surface area contributed by atoms with Crippen molar-refractivity contribution in [3.8, 4) is 0 Å². The standard InChI is InChI=1S/C26H24N2O3/c1-3-18-13-15-19(16-14-18)27-25(29)22-23(21-12-8-7-9-17(21)2)28(31-24(22)26(27)30)20-10-5-4-6-11-20/h4-16,22-24H,3H2,1-2H3/t22-,23-,24+/m1/s1. The van der Waals surface area contributed by atoms with E-state index in [1.165, 1.54) is 4.90 Å². The van der Waals surface area contributed by atoms with E-state index in [0.29, 0.717) is 5.69 Å². The van der Waals surface area contributed by atoms with Gasteiger partial charge in [0.05, 0.1) is 17.4 Å². The molecule has 2 fully saturated rings. The summed E-state index contributed by atoms with van der Waals surface area (Å²) in [5, 5.41) is 1.74. The van der Waals surface area contributed by atoms with Gasteiger partial charge in [-0.1, -0.05) is 61.5 Å². The number of nitrogens with zero attached hydrogens (tertiary/aromatic N) is 2. The molecule has 0 aliphatic carbocycles. The van der Waals surface area contributed by atoms with Gasteiger partial charge in [0.15, 0.2) is 6.10 Å². The smallest absolute Gasteiger partial charge is 0.266 e. The first kappa shape index (κ1) is 19.5. The highest BCUT2D eigenvalue weighted by Crippen LogP contribution is 2.48. The summed E-state index contributed by atoms with van der Waals surface area (Å²) in [5.41, 5.74) is 4.63. The van der Waals surface area contributed by atoms with Crippen LogP contribution < -0.4 is 9.96 Å². The zero-order valence-corrected chi connectivity index (χ0v) is 17.6. The normalized spacial score (nSPS) is 22.8. The number of anilines is 2. The van der Waals surface area contributed by atoms with E-state index in [0.717, 1.165) is 28.8 Å². The first-order valence-electron chi connectivity index (χ1n) is 10.6. The zero-order chi connectivity index (χ0) is 21.5. The number of para-hydroxylation sites is 1. The Labute approximate surface area is 181 Å². The Hall–Kier alpha value is -3.44. The Bertz CT molecular complexity index is 1130. The van der Waals surface area contributed by atoms with E-state index in [9.17, 15) is 9.59 Å². The number of fused-ring (bicyclic) bond motifs is 1. The van der Waals surface area contributed by atoms with Gasteiger partial charge < -0.3 is 0 Å². The third kappa shape index (κ3) is 3.13. The van der Waals surface area contributed by atoms with Crippen LogP contribution in [0.25, 0.3) is 0 Å².